The minimum atomic E-state index is -0.679. The quantitative estimate of drug-likeness (QED) is 0.523. The number of nitrogens with two attached hydrogens (primary N) is 1. The molecule has 36 heavy (non-hydrogen) atoms. The van der Waals surface area contributed by atoms with Gasteiger partial charge < -0.3 is 16.0 Å². The summed E-state index contributed by atoms with van der Waals surface area (Å²) in [6.07, 6.45) is 1.70. The SMILES string of the molecule is CC(=O)N1CC[C@@H](NC(=O)[C@@H](N)Cc2c(C)cc(C)cc2C)c2cc(Cc3ccc(F)cc3)ccc21. The van der Waals surface area contributed by atoms with Gasteiger partial charge in [0.1, 0.15) is 5.82 Å². The Hall–Kier alpha value is -3.51. The third-order valence-corrected chi connectivity index (χ3v) is 7.02. The summed E-state index contributed by atoms with van der Waals surface area (Å²) in [5.41, 5.74) is 14.7. The second kappa shape index (κ2) is 10.6. The van der Waals surface area contributed by atoms with Crippen LogP contribution in [-0.2, 0) is 22.4 Å². The molecule has 0 saturated heterocycles. The number of benzene rings is 3. The van der Waals surface area contributed by atoms with Gasteiger partial charge in [0.05, 0.1) is 12.1 Å². The Morgan fingerprint density at radius 3 is 2.31 bits per heavy atom. The predicted octanol–water partition coefficient (Wildman–Crippen LogP) is 4.83. The van der Waals surface area contributed by atoms with Crippen molar-refractivity contribution in [3.05, 3.63) is 99.4 Å². The van der Waals surface area contributed by atoms with Crippen molar-refractivity contribution in [3.8, 4) is 0 Å². The lowest BCUT2D eigenvalue weighted by molar-refractivity contribution is -0.123. The highest BCUT2D eigenvalue weighted by atomic mass is 19.1. The first-order chi connectivity index (χ1) is 17.1. The average molecular weight is 488 g/mol. The molecular weight excluding hydrogens is 453 g/mol. The third-order valence-electron chi connectivity index (χ3n) is 7.02. The van der Waals surface area contributed by atoms with E-state index in [0.29, 0.717) is 25.8 Å². The van der Waals surface area contributed by atoms with Crippen molar-refractivity contribution in [1.82, 2.24) is 5.32 Å². The molecule has 2 amide bonds. The molecular formula is C30H34FN3O2. The number of nitrogens with zero attached hydrogens (tertiary/aromatic N) is 1. The Balaban J connectivity index is 1.56. The number of carbonyl (C=O) groups excluding carboxylic acids is 2. The number of aryl methyl sites for hydroxylation is 3. The summed E-state index contributed by atoms with van der Waals surface area (Å²) in [5.74, 6) is -0.503. The Labute approximate surface area is 212 Å². The van der Waals surface area contributed by atoms with Gasteiger partial charge >= 0.3 is 0 Å². The van der Waals surface area contributed by atoms with E-state index in [9.17, 15) is 14.0 Å². The van der Waals surface area contributed by atoms with E-state index in [0.717, 1.165) is 39.1 Å². The first-order valence-corrected chi connectivity index (χ1v) is 12.4. The summed E-state index contributed by atoms with van der Waals surface area (Å²) in [5, 5.41) is 3.15. The van der Waals surface area contributed by atoms with Crippen LogP contribution in [0.25, 0.3) is 0 Å². The second-order valence-electron chi connectivity index (χ2n) is 9.90. The van der Waals surface area contributed by atoms with Crippen molar-refractivity contribution in [3.63, 3.8) is 0 Å². The first-order valence-electron chi connectivity index (χ1n) is 12.4. The lowest BCUT2D eigenvalue weighted by Crippen LogP contribution is -2.46. The Morgan fingerprint density at radius 2 is 1.67 bits per heavy atom. The lowest BCUT2D eigenvalue weighted by atomic mass is 9.91. The van der Waals surface area contributed by atoms with Crippen molar-refractivity contribution in [2.45, 2.75) is 59.0 Å². The maximum Gasteiger partial charge on any atom is 0.237 e. The summed E-state index contributed by atoms with van der Waals surface area (Å²) in [4.78, 5) is 27.2. The molecule has 1 aliphatic rings. The molecule has 3 aromatic carbocycles. The van der Waals surface area contributed by atoms with Gasteiger partial charge in [0, 0.05) is 19.2 Å². The molecule has 0 unspecified atom stereocenters. The number of amides is 2. The molecule has 0 radical (unpaired) electrons. The van der Waals surface area contributed by atoms with Crippen LogP contribution in [0.2, 0.25) is 0 Å². The number of hydrogen-bond donors (Lipinski definition) is 2. The topological polar surface area (TPSA) is 75.4 Å². The summed E-state index contributed by atoms with van der Waals surface area (Å²) >= 11 is 0. The molecule has 0 spiro atoms. The van der Waals surface area contributed by atoms with E-state index in [1.807, 2.05) is 18.2 Å². The van der Waals surface area contributed by atoms with Gasteiger partial charge in [-0.2, -0.15) is 0 Å². The number of carbonyl (C=O) groups is 2. The third kappa shape index (κ3) is 5.65. The van der Waals surface area contributed by atoms with Gasteiger partial charge in [-0.1, -0.05) is 42.0 Å². The van der Waals surface area contributed by atoms with Crippen LogP contribution in [0.3, 0.4) is 0 Å². The van der Waals surface area contributed by atoms with E-state index in [1.165, 1.54) is 17.7 Å². The monoisotopic (exact) mass is 487 g/mol. The average Bonchev–Trinajstić information content (AvgIpc) is 2.82. The Morgan fingerprint density at radius 1 is 1.03 bits per heavy atom. The Kier molecular flexibility index (Phi) is 7.55. The van der Waals surface area contributed by atoms with Gasteiger partial charge in [-0.25, -0.2) is 4.39 Å². The van der Waals surface area contributed by atoms with Crippen LogP contribution < -0.4 is 16.0 Å². The molecule has 6 heteroatoms. The maximum absolute atomic E-state index is 13.3. The normalized spacial score (nSPS) is 15.8. The highest BCUT2D eigenvalue weighted by Gasteiger charge is 2.30. The summed E-state index contributed by atoms with van der Waals surface area (Å²) in [7, 11) is 0. The van der Waals surface area contributed by atoms with E-state index in [4.69, 9.17) is 5.73 Å². The number of anilines is 1. The number of halogens is 1. The van der Waals surface area contributed by atoms with Gasteiger partial charge in [0.15, 0.2) is 0 Å². The molecule has 2 atom stereocenters. The molecule has 0 aliphatic carbocycles. The molecule has 0 aromatic heterocycles. The van der Waals surface area contributed by atoms with Gasteiger partial charge in [0.25, 0.3) is 0 Å². The molecule has 1 heterocycles. The van der Waals surface area contributed by atoms with E-state index in [1.54, 1.807) is 24.0 Å². The molecule has 0 bridgehead atoms. The zero-order valence-electron chi connectivity index (χ0n) is 21.4. The molecule has 3 aromatic rings. The van der Waals surface area contributed by atoms with E-state index in [2.05, 4.69) is 38.2 Å². The van der Waals surface area contributed by atoms with Crippen LogP contribution in [0.4, 0.5) is 10.1 Å². The maximum atomic E-state index is 13.3. The fourth-order valence-electron chi connectivity index (χ4n) is 5.21. The largest absolute Gasteiger partial charge is 0.348 e. The smallest absolute Gasteiger partial charge is 0.237 e. The van der Waals surface area contributed by atoms with Crippen molar-refractivity contribution in [2.75, 3.05) is 11.4 Å². The zero-order valence-corrected chi connectivity index (χ0v) is 21.4. The van der Waals surface area contributed by atoms with Crippen LogP contribution in [0.15, 0.2) is 54.6 Å². The van der Waals surface area contributed by atoms with Crippen molar-refractivity contribution >= 4 is 17.5 Å². The van der Waals surface area contributed by atoms with Crippen LogP contribution >= 0.6 is 0 Å². The Bertz CT molecular complexity index is 1260. The number of fused-ring (bicyclic) bond motifs is 1. The minimum Gasteiger partial charge on any atom is -0.348 e. The summed E-state index contributed by atoms with van der Waals surface area (Å²) in [6, 6.07) is 15.7. The fraction of sp³-hybridized carbons (Fsp3) is 0.333. The van der Waals surface area contributed by atoms with Crippen molar-refractivity contribution in [1.29, 1.82) is 0 Å². The standard InChI is InChI=1S/C30H34FN3O2/c1-18-13-19(2)25(20(3)14-18)17-27(32)30(36)33-28-11-12-34(21(4)35)29-10-7-23(16-26(28)29)15-22-5-8-24(31)9-6-22/h5-10,13-14,16,27-28H,11-12,15,17,32H2,1-4H3,(H,33,36)/t27-,28+/m0/s1. The summed E-state index contributed by atoms with van der Waals surface area (Å²) in [6.45, 7) is 8.24. The van der Waals surface area contributed by atoms with Crippen LogP contribution in [0.1, 0.15) is 58.3 Å². The fourth-order valence-corrected chi connectivity index (χ4v) is 5.21. The van der Waals surface area contributed by atoms with Crippen molar-refractivity contribution in [2.24, 2.45) is 5.73 Å². The number of hydrogen-bond acceptors (Lipinski definition) is 3. The van der Waals surface area contributed by atoms with E-state index in [-0.39, 0.29) is 23.7 Å². The molecule has 0 saturated carbocycles. The van der Waals surface area contributed by atoms with Crippen LogP contribution in [-0.4, -0.2) is 24.4 Å². The van der Waals surface area contributed by atoms with Gasteiger partial charge in [0.2, 0.25) is 11.8 Å². The molecule has 0 fully saturated rings. The second-order valence-corrected chi connectivity index (χ2v) is 9.90. The van der Waals surface area contributed by atoms with Gasteiger partial charge in [-0.05, 0) is 91.6 Å². The lowest BCUT2D eigenvalue weighted by Gasteiger charge is -2.35. The predicted molar refractivity (Wildman–Crippen MR) is 142 cm³/mol. The number of nitrogens with one attached hydrogen (secondary N) is 1. The first kappa shape index (κ1) is 25.6. The summed E-state index contributed by atoms with van der Waals surface area (Å²) < 4.78 is 13.3. The van der Waals surface area contributed by atoms with Crippen LogP contribution in [0.5, 0.6) is 0 Å². The van der Waals surface area contributed by atoms with Gasteiger partial charge in [-0.15, -0.1) is 0 Å². The van der Waals surface area contributed by atoms with E-state index >= 15 is 0 Å². The van der Waals surface area contributed by atoms with Crippen LogP contribution in [0, 0.1) is 26.6 Å². The van der Waals surface area contributed by atoms with Gasteiger partial charge in [-0.3, -0.25) is 9.59 Å². The van der Waals surface area contributed by atoms with E-state index < -0.39 is 6.04 Å². The molecule has 4 rings (SSSR count). The molecule has 188 valence electrons. The number of rotatable bonds is 6. The molecule has 3 N–H and O–H groups in total. The zero-order chi connectivity index (χ0) is 26.0. The highest BCUT2D eigenvalue weighted by Crippen LogP contribution is 2.35. The molecule has 1 aliphatic heterocycles. The highest BCUT2D eigenvalue weighted by molar-refractivity contribution is 5.93. The van der Waals surface area contributed by atoms with Crippen molar-refractivity contribution < 1.29 is 14.0 Å². The molecule has 5 nitrogen and oxygen atoms in total. The minimum absolute atomic E-state index is 0.0330.